The Morgan fingerprint density at radius 1 is 0.500 bits per heavy atom. The molecule has 1 aliphatic heterocycles. The average Bonchev–Trinajstić information content (AvgIpc) is 3.46. The minimum Gasteiger partial charge on any atom is -0.375 e. The zero-order valence-electron chi connectivity index (χ0n) is 32.3. The Balaban J connectivity index is 2.13. The van der Waals surface area contributed by atoms with E-state index in [0.29, 0.717) is 0 Å². The molecule has 1 atom stereocenters. The van der Waals surface area contributed by atoms with E-state index < -0.39 is 0 Å². The van der Waals surface area contributed by atoms with Crippen molar-refractivity contribution in [1.29, 1.82) is 0 Å². The van der Waals surface area contributed by atoms with Crippen LogP contribution in [0.3, 0.4) is 0 Å². The number of nitrogens with zero attached hydrogens (tertiary/aromatic N) is 1. The van der Waals surface area contributed by atoms with Crippen molar-refractivity contribution in [2.75, 3.05) is 27.2 Å². The summed E-state index contributed by atoms with van der Waals surface area (Å²) in [6.45, 7) is 6.81. The fourth-order valence-electron chi connectivity index (χ4n) is 7.43. The molecule has 1 rings (SSSR count). The average molecular weight is 644 g/mol. The van der Waals surface area contributed by atoms with E-state index >= 15 is 0 Å². The van der Waals surface area contributed by atoms with Crippen molar-refractivity contribution in [3.63, 3.8) is 0 Å². The van der Waals surface area contributed by atoms with Gasteiger partial charge in [-0.15, -0.1) is 0 Å². The van der Waals surface area contributed by atoms with Crippen molar-refractivity contribution in [2.45, 2.75) is 225 Å². The molecule has 272 valence electrons. The van der Waals surface area contributed by atoms with E-state index in [4.69, 9.17) is 4.74 Å². The SMILES string of the molecule is CCCCCCCC/C=C\CCCCCCCCC1(CCCCCCCC/C=C\CCCCCCCC)CC(CCN(C)C)CO1. The summed E-state index contributed by atoms with van der Waals surface area (Å²) in [6.07, 6.45) is 53.8. The third-order valence-electron chi connectivity index (χ3n) is 10.6. The first-order valence-corrected chi connectivity index (χ1v) is 21.2. The molecule has 0 aromatic heterocycles. The van der Waals surface area contributed by atoms with Gasteiger partial charge < -0.3 is 9.64 Å². The Morgan fingerprint density at radius 2 is 0.848 bits per heavy atom. The smallest absolute Gasteiger partial charge is 0.0686 e. The van der Waals surface area contributed by atoms with Gasteiger partial charge in [0.05, 0.1) is 12.2 Å². The van der Waals surface area contributed by atoms with Crippen LogP contribution in [0, 0.1) is 5.92 Å². The van der Waals surface area contributed by atoms with Crippen molar-refractivity contribution in [1.82, 2.24) is 4.90 Å². The third-order valence-corrected chi connectivity index (χ3v) is 10.6. The molecule has 0 radical (unpaired) electrons. The van der Waals surface area contributed by atoms with E-state index in [1.165, 1.54) is 212 Å². The van der Waals surface area contributed by atoms with Gasteiger partial charge in [-0.1, -0.05) is 167 Å². The maximum Gasteiger partial charge on any atom is 0.0686 e. The van der Waals surface area contributed by atoms with Gasteiger partial charge in [0, 0.05) is 0 Å². The molecule has 0 saturated carbocycles. The maximum absolute atomic E-state index is 6.70. The summed E-state index contributed by atoms with van der Waals surface area (Å²) in [7, 11) is 4.42. The van der Waals surface area contributed by atoms with Crippen molar-refractivity contribution in [2.24, 2.45) is 5.92 Å². The molecule has 1 heterocycles. The summed E-state index contributed by atoms with van der Waals surface area (Å²) in [5.74, 6) is 0.769. The van der Waals surface area contributed by atoms with E-state index in [1.54, 1.807) is 0 Å². The minimum atomic E-state index is 0.193. The minimum absolute atomic E-state index is 0.193. The van der Waals surface area contributed by atoms with Crippen LogP contribution in [0.5, 0.6) is 0 Å². The lowest BCUT2D eigenvalue weighted by Gasteiger charge is -2.29. The van der Waals surface area contributed by atoms with Gasteiger partial charge >= 0.3 is 0 Å². The molecule has 0 aromatic carbocycles. The van der Waals surface area contributed by atoms with E-state index in [9.17, 15) is 0 Å². The number of unbranched alkanes of at least 4 members (excludes halogenated alkanes) is 24. The Kier molecular flexibility index (Phi) is 31.1. The molecular weight excluding hydrogens is 558 g/mol. The van der Waals surface area contributed by atoms with E-state index in [0.717, 1.165) is 12.5 Å². The number of allylic oxidation sites excluding steroid dienone is 4. The molecule has 1 aliphatic rings. The highest BCUT2D eigenvalue weighted by atomic mass is 16.5. The molecule has 1 saturated heterocycles. The predicted octanol–water partition coefficient (Wildman–Crippen LogP) is 14.6. The van der Waals surface area contributed by atoms with Crippen LogP contribution in [-0.4, -0.2) is 37.7 Å². The summed E-state index contributed by atoms with van der Waals surface area (Å²) in [5.41, 5.74) is 0.193. The maximum atomic E-state index is 6.70. The van der Waals surface area contributed by atoms with Crippen LogP contribution in [0.1, 0.15) is 219 Å². The molecule has 2 heteroatoms. The van der Waals surface area contributed by atoms with Gasteiger partial charge in [-0.3, -0.25) is 0 Å². The van der Waals surface area contributed by atoms with Gasteiger partial charge in [-0.2, -0.15) is 0 Å². The van der Waals surface area contributed by atoms with Gasteiger partial charge in [0.25, 0.3) is 0 Å². The highest BCUT2D eigenvalue weighted by Crippen LogP contribution is 2.40. The van der Waals surface area contributed by atoms with Crippen LogP contribution in [0.15, 0.2) is 24.3 Å². The van der Waals surface area contributed by atoms with Crippen molar-refractivity contribution >= 4 is 0 Å². The van der Waals surface area contributed by atoms with E-state index in [1.807, 2.05) is 0 Å². The molecule has 0 aromatic rings. The fourth-order valence-corrected chi connectivity index (χ4v) is 7.43. The molecule has 0 bridgehead atoms. The first kappa shape index (κ1) is 43.4. The lowest BCUT2D eigenvalue weighted by molar-refractivity contribution is -0.0142. The fraction of sp³-hybridized carbons (Fsp3) is 0.909. The van der Waals surface area contributed by atoms with Crippen molar-refractivity contribution < 1.29 is 4.74 Å². The summed E-state index contributed by atoms with van der Waals surface area (Å²) < 4.78 is 6.70. The van der Waals surface area contributed by atoms with Crippen molar-refractivity contribution in [3.8, 4) is 0 Å². The molecule has 46 heavy (non-hydrogen) atoms. The first-order chi connectivity index (χ1) is 22.6. The van der Waals surface area contributed by atoms with Gasteiger partial charge in [-0.05, 0) is 104 Å². The molecule has 1 fully saturated rings. The third kappa shape index (κ3) is 27.4. The standard InChI is InChI=1S/C44H85NO/c1-5-7-9-11-13-15-17-19-21-23-25-27-29-31-33-35-38-44(41-43(42-46-44)37-40-45(3)4)39-36-34-32-30-28-26-24-22-20-18-16-14-12-10-8-6-2/h19-22,43H,5-18,23-42H2,1-4H3/b21-19-,22-20-. The molecular formula is C44H85NO. The summed E-state index contributed by atoms with van der Waals surface area (Å²) >= 11 is 0. The second kappa shape index (κ2) is 32.9. The highest BCUT2D eigenvalue weighted by molar-refractivity contribution is 4.89. The summed E-state index contributed by atoms with van der Waals surface area (Å²) in [6, 6.07) is 0. The molecule has 0 N–H and O–H groups in total. The van der Waals surface area contributed by atoms with Crippen LogP contribution in [-0.2, 0) is 4.74 Å². The highest BCUT2D eigenvalue weighted by Gasteiger charge is 2.39. The topological polar surface area (TPSA) is 12.5 Å². The van der Waals surface area contributed by atoms with Gasteiger partial charge in [0.1, 0.15) is 0 Å². The second-order valence-electron chi connectivity index (χ2n) is 15.5. The van der Waals surface area contributed by atoms with Crippen LogP contribution >= 0.6 is 0 Å². The van der Waals surface area contributed by atoms with Gasteiger partial charge in [0.15, 0.2) is 0 Å². The van der Waals surface area contributed by atoms with Crippen LogP contribution in [0.4, 0.5) is 0 Å². The zero-order valence-corrected chi connectivity index (χ0v) is 32.3. The molecule has 0 spiro atoms. The first-order valence-electron chi connectivity index (χ1n) is 21.2. The van der Waals surface area contributed by atoms with Crippen LogP contribution in [0.25, 0.3) is 0 Å². The Morgan fingerprint density at radius 3 is 1.22 bits per heavy atom. The second-order valence-corrected chi connectivity index (χ2v) is 15.5. The summed E-state index contributed by atoms with van der Waals surface area (Å²) in [5, 5.41) is 0. The zero-order chi connectivity index (χ0) is 33.2. The monoisotopic (exact) mass is 644 g/mol. The lowest BCUT2D eigenvalue weighted by atomic mass is 9.83. The largest absolute Gasteiger partial charge is 0.375 e. The Bertz CT molecular complexity index is 625. The number of hydrogen-bond acceptors (Lipinski definition) is 2. The van der Waals surface area contributed by atoms with Crippen LogP contribution < -0.4 is 0 Å². The Hall–Kier alpha value is -0.600. The van der Waals surface area contributed by atoms with E-state index in [-0.39, 0.29) is 5.60 Å². The van der Waals surface area contributed by atoms with Gasteiger partial charge in [0.2, 0.25) is 0 Å². The Labute approximate surface area is 291 Å². The number of rotatable bonds is 35. The number of ether oxygens (including phenoxy) is 1. The molecule has 0 aliphatic carbocycles. The van der Waals surface area contributed by atoms with Crippen molar-refractivity contribution in [3.05, 3.63) is 24.3 Å². The normalized spacial score (nSPS) is 16.6. The molecule has 1 unspecified atom stereocenters. The number of hydrogen-bond donors (Lipinski definition) is 0. The van der Waals surface area contributed by atoms with E-state index in [2.05, 4.69) is 57.1 Å². The van der Waals surface area contributed by atoms with Crippen LogP contribution in [0.2, 0.25) is 0 Å². The lowest BCUT2D eigenvalue weighted by Crippen LogP contribution is -2.28. The quantitative estimate of drug-likeness (QED) is 0.0503. The molecule has 2 nitrogen and oxygen atoms in total. The predicted molar refractivity (Wildman–Crippen MR) is 208 cm³/mol. The van der Waals surface area contributed by atoms with Gasteiger partial charge in [-0.25, -0.2) is 0 Å². The summed E-state index contributed by atoms with van der Waals surface area (Å²) in [4.78, 5) is 2.34. The molecule has 0 amide bonds.